The van der Waals surface area contributed by atoms with E-state index in [1.54, 1.807) is 24.3 Å². The van der Waals surface area contributed by atoms with Gasteiger partial charge in [0.25, 0.3) is 10.0 Å². The van der Waals surface area contributed by atoms with Gasteiger partial charge in [-0.3, -0.25) is 9.10 Å². The Bertz CT molecular complexity index is 940. The second-order valence-corrected chi connectivity index (χ2v) is 7.82. The van der Waals surface area contributed by atoms with Gasteiger partial charge in [-0.1, -0.05) is 23.8 Å². The van der Waals surface area contributed by atoms with Gasteiger partial charge in [-0.25, -0.2) is 8.42 Å². The van der Waals surface area contributed by atoms with Crippen molar-refractivity contribution in [3.8, 4) is 11.5 Å². The van der Waals surface area contributed by atoms with Gasteiger partial charge < -0.3 is 14.8 Å². The van der Waals surface area contributed by atoms with Gasteiger partial charge in [-0.15, -0.1) is 6.58 Å². The molecule has 1 amide bonds. The van der Waals surface area contributed by atoms with E-state index in [9.17, 15) is 13.2 Å². The van der Waals surface area contributed by atoms with Crippen LogP contribution < -0.4 is 19.1 Å². The lowest BCUT2D eigenvalue weighted by atomic mass is 10.2. The molecule has 0 saturated carbocycles. The topological polar surface area (TPSA) is 84.9 Å². The molecule has 28 heavy (non-hydrogen) atoms. The number of amides is 1. The minimum absolute atomic E-state index is 0.0874. The third kappa shape index (κ3) is 4.83. The molecule has 0 aliphatic rings. The van der Waals surface area contributed by atoms with E-state index in [4.69, 9.17) is 9.47 Å². The predicted molar refractivity (Wildman–Crippen MR) is 108 cm³/mol. The summed E-state index contributed by atoms with van der Waals surface area (Å²) in [5.41, 5.74) is 1.22. The SMILES string of the molecule is C=CCNC(=O)CN(c1ccc(OC)c(OC)c1)S(=O)(=O)c1ccc(C)cc1. The maximum Gasteiger partial charge on any atom is 0.264 e. The first-order valence-electron chi connectivity index (χ1n) is 8.52. The smallest absolute Gasteiger partial charge is 0.264 e. The lowest BCUT2D eigenvalue weighted by Crippen LogP contribution is -2.41. The molecule has 150 valence electrons. The van der Waals surface area contributed by atoms with Crippen LogP contribution in [0, 0.1) is 6.92 Å². The molecule has 0 aliphatic carbocycles. The van der Waals surface area contributed by atoms with E-state index < -0.39 is 15.9 Å². The largest absolute Gasteiger partial charge is 0.493 e. The van der Waals surface area contributed by atoms with Crippen molar-refractivity contribution in [2.24, 2.45) is 0 Å². The van der Waals surface area contributed by atoms with Crippen LogP contribution in [0.1, 0.15) is 5.56 Å². The highest BCUT2D eigenvalue weighted by molar-refractivity contribution is 7.92. The van der Waals surface area contributed by atoms with E-state index in [0.29, 0.717) is 11.5 Å². The number of benzene rings is 2. The molecule has 0 aromatic heterocycles. The monoisotopic (exact) mass is 404 g/mol. The molecule has 0 heterocycles. The Hall–Kier alpha value is -3.00. The van der Waals surface area contributed by atoms with E-state index in [2.05, 4.69) is 11.9 Å². The van der Waals surface area contributed by atoms with Crippen molar-refractivity contribution in [1.82, 2.24) is 5.32 Å². The number of hydrogen-bond acceptors (Lipinski definition) is 5. The molecule has 2 aromatic rings. The van der Waals surface area contributed by atoms with Crippen LogP contribution in [0.2, 0.25) is 0 Å². The number of methoxy groups -OCH3 is 2. The zero-order valence-electron chi connectivity index (χ0n) is 16.1. The Morgan fingerprint density at radius 2 is 1.75 bits per heavy atom. The van der Waals surface area contributed by atoms with E-state index in [0.717, 1.165) is 9.87 Å². The second kappa shape index (κ2) is 9.27. The van der Waals surface area contributed by atoms with Crippen LogP contribution in [0.3, 0.4) is 0 Å². The van der Waals surface area contributed by atoms with Crippen LogP contribution in [-0.4, -0.2) is 41.6 Å². The molecule has 0 bridgehead atoms. The van der Waals surface area contributed by atoms with Gasteiger partial charge in [-0.2, -0.15) is 0 Å². The van der Waals surface area contributed by atoms with Crippen LogP contribution in [0.15, 0.2) is 60.0 Å². The van der Waals surface area contributed by atoms with Gasteiger partial charge in [0, 0.05) is 12.6 Å². The summed E-state index contributed by atoms with van der Waals surface area (Å²) in [7, 11) is -1.04. The zero-order valence-corrected chi connectivity index (χ0v) is 17.0. The van der Waals surface area contributed by atoms with Crippen LogP contribution in [-0.2, 0) is 14.8 Å². The van der Waals surface area contributed by atoms with Crippen LogP contribution in [0.25, 0.3) is 0 Å². The number of sulfonamides is 1. The summed E-state index contributed by atoms with van der Waals surface area (Å²) >= 11 is 0. The normalized spacial score (nSPS) is 10.8. The molecular weight excluding hydrogens is 380 g/mol. The first-order valence-corrected chi connectivity index (χ1v) is 9.96. The summed E-state index contributed by atoms with van der Waals surface area (Å²) in [5.74, 6) is 0.357. The molecule has 0 atom stereocenters. The third-order valence-corrected chi connectivity index (χ3v) is 5.78. The molecule has 8 heteroatoms. The molecule has 2 rings (SSSR count). The van der Waals surface area contributed by atoms with Gasteiger partial charge in [-0.05, 0) is 31.2 Å². The maximum atomic E-state index is 13.3. The molecular formula is C20H24N2O5S. The molecule has 1 N–H and O–H groups in total. The molecule has 0 fully saturated rings. The van der Waals surface area contributed by atoms with E-state index in [1.807, 2.05) is 6.92 Å². The summed E-state index contributed by atoms with van der Waals surface area (Å²) in [4.78, 5) is 12.4. The Labute approximate surface area is 165 Å². The minimum Gasteiger partial charge on any atom is -0.493 e. The van der Waals surface area contributed by atoms with Crippen molar-refractivity contribution in [1.29, 1.82) is 0 Å². The standard InChI is InChI=1S/C20H24N2O5S/c1-5-12-21-20(23)14-22(16-8-11-18(26-3)19(13-16)27-4)28(24,25)17-9-6-15(2)7-10-17/h5-11,13H,1,12,14H2,2-4H3,(H,21,23). The molecule has 7 nitrogen and oxygen atoms in total. The summed E-state index contributed by atoms with van der Waals surface area (Å²) in [6, 6.07) is 11.1. The van der Waals surface area contributed by atoms with Crippen molar-refractivity contribution >= 4 is 21.6 Å². The number of hydrogen-bond donors (Lipinski definition) is 1. The molecule has 0 spiro atoms. The van der Waals surface area contributed by atoms with Gasteiger partial charge in [0.05, 0.1) is 24.8 Å². The summed E-state index contributed by atoms with van der Waals surface area (Å²) in [6.07, 6.45) is 1.52. The summed E-state index contributed by atoms with van der Waals surface area (Å²) in [6.45, 7) is 5.26. The van der Waals surface area contributed by atoms with Crippen molar-refractivity contribution in [2.45, 2.75) is 11.8 Å². The zero-order chi connectivity index (χ0) is 20.7. The van der Waals surface area contributed by atoms with Crippen molar-refractivity contribution < 1.29 is 22.7 Å². The number of rotatable bonds is 9. The van der Waals surface area contributed by atoms with Gasteiger partial charge in [0.2, 0.25) is 5.91 Å². The average molecular weight is 404 g/mol. The molecule has 0 unspecified atom stereocenters. The van der Waals surface area contributed by atoms with Gasteiger partial charge in [0.15, 0.2) is 11.5 Å². The average Bonchev–Trinajstić information content (AvgIpc) is 2.70. The highest BCUT2D eigenvalue weighted by Gasteiger charge is 2.28. The summed E-state index contributed by atoms with van der Waals surface area (Å²) in [5, 5.41) is 2.60. The number of carbonyl (C=O) groups excluding carboxylic acids is 1. The molecule has 0 aliphatic heterocycles. The van der Waals surface area contributed by atoms with Gasteiger partial charge in [0.1, 0.15) is 6.54 Å². The first-order chi connectivity index (χ1) is 13.3. The Morgan fingerprint density at radius 1 is 1.11 bits per heavy atom. The van der Waals surface area contributed by atoms with Gasteiger partial charge >= 0.3 is 0 Å². The molecule has 0 saturated heterocycles. The highest BCUT2D eigenvalue weighted by atomic mass is 32.2. The molecule has 2 aromatic carbocycles. The number of anilines is 1. The van der Waals surface area contributed by atoms with E-state index in [1.165, 1.54) is 38.5 Å². The number of nitrogens with zero attached hydrogens (tertiary/aromatic N) is 1. The van der Waals surface area contributed by atoms with Crippen molar-refractivity contribution in [3.63, 3.8) is 0 Å². The first kappa shape index (κ1) is 21.3. The van der Waals surface area contributed by atoms with Crippen molar-refractivity contribution in [2.75, 3.05) is 31.6 Å². The van der Waals surface area contributed by atoms with E-state index in [-0.39, 0.29) is 23.7 Å². The Morgan fingerprint density at radius 3 is 2.32 bits per heavy atom. The van der Waals surface area contributed by atoms with Crippen LogP contribution in [0.4, 0.5) is 5.69 Å². The quantitative estimate of drug-likeness (QED) is 0.649. The second-order valence-electron chi connectivity index (χ2n) is 5.96. The number of aryl methyl sites for hydroxylation is 1. The Balaban J connectivity index is 2.51. The fourth-order valence-electron chi connectivity index (χ4n) is 2.50. The predicted octanol–water partition coefficient (Wildman–Crippen LogP) is 2.51. The van der Waals surface area contributed by atoms with E-state index >= 15 is 0 Å². The Kier molecular flexibility index (Phi) is 7.06. The van der Waals surface area contributed by atoms with Crippen LogP contribution >= 0.6 is 0 Å². The maximum absolute atomic E-state index is 13.3. The molecule has 0 radical (unpaired) electrons. The number of nitrogens with one attached hydrogen (secondary N) is 1. The third-order valence-electron chi connectivity index (χ3n) is 3.99. The number of ether oxygens (including phenoxy) is 2. The fraction of sp³-hybridized carbons (Fsp3) is 0.250. The lowest BCUT2D eigenvalue weighted by Gasteiger charge is -2.25. The summed E-state index contributed by atoms with van der Waals surface area (Å²) < 4.78 is 38.0. The minimum atomic E-state index is -3.99. The van der Waals surface area contributed by atoms with Crippen LogP contribution in [0.5, 0.6) is 11.5 Å². The fourth-order valence-corrected chi connectivity index (χ4v) is 3.92. The highest BCUT2D eigenvalue weighted by Crippen LogP contribution is 2.33. The van der Waals surface area contributed by atoms with Crippen molar-refractivity contribution in [3.05, 3.63) is 60.7 Å². The number of carbonyl (C=O) groups is 1. The lowest BCUT2D eigenvalue weighted by molar-refractivity contribution is -0.119.